The van der Waals surface area contributed by atoms with Crippen LogP contribution in [0, 0.1) is 5.92 Å². The minimum absolute atomic E-state index is 0.0819. The number of fused-ring (bicyclic) bond motifs is 1. The Bertz CT molecular complexity index is 1020. The van der Waals surface area contributed by atoms with Crippen molar-refractivity contribution in [2.45, 2.75) is 45.8 Å². The predicted octanol–water partition coefficient (Wildman–Crippen LogP) is 5.72. The van der Waals surface area contributed by atoms with Crippen molar-refractivity contribution in [1.29, 1.82) is 0 Å². The van der Waals surface area contributed by atoms with Gasteiger partial charge >= 0.3 is 0 Å². The van der Waals surface area contributed by atoms with Crippen molar-refractivity contribution < 1.29 is 9.53 Å². The van der Waals surface area contributed by atoms with Crippen LogP contribution in [0.5, 0.6) is 5.75 Å². The molecule has 4 nitrogen and oxygen atoms in total. The highest BCUT2D eigenvalue weighted by atomic mass is 16.5. The Morgan fingerprint density at radius 3 is 2.39 bits per heavy atom. The maximum absolute atomic E-state index is 12.8. The maximum atomic E-state index is 12.8. The van der Waals surface area contributed by atoms with Crippen molar-refractivity contribution in [3.05, 3.63) is 72.3 Å². The lowest BCUT2D eigenvalue weighted by molar-refractivity contribution is -0.127. The zero-order chi connectivity index (χ0) is 21.8. The van der Waals surface area contributed by atoms with Gasteiger partial charge in [0.05, 0.1) is 6.04 Å². The number of piperidine rings is 1. The lowest BCUT2D eigenvalue weighted by atomic mass is 9.98. The number of amides is 1. The molecule has 162 valence electrons. The first-order valence-electron chi connectivity index (χ1n) is 11.3. The molecule has 0 radical (unpaired) electrons. The van der Waals surface area contributed by atoms with Crippen LogP contribution in [0.25, 0.3) is 10.8 Å². The summed E-state index contributed by atoms with van der Waals surface area (Å²) >= 11 is 0. The number of hydrogen-bond donors (Lipinski definition) is 1. The molecule has 2 atom stereocenters. The van der Waals surface area contributed by atoms with Crippen LogP contribution < -0.4 is 15.0 Å². The molecule has 4 heteroatoms. The van der Waals surface area contributed by atoms with E-state index in [1.54, 1.807) is 6.92 Å². The van der Waals surface area contributed by atoms with Crippen LogP contribution in [-0.2, 0) is 4.79 Å². The molecule has 1 fully saturated rings. The van der Waals surface area contributed by atoms with E-state index in [0.29, 0.717) is 0 Å². The summed E-state index contributed by atoms with van der Waals surface area (Å²) in [7, 11) is 0. The minimum atomic E-state index is -0.581. The predicted molar refractivity (Wildman–Crippen MR) is 128 cm³/mol. The van der Waals surface area contributed by atoms with E-state index < -0.39 is 6.10 Å². The number of ether oxygens (including phenoxy) is 1. The Morgan fingerprint density at radius 1 is 0.968 bits per heavy atom. The fourth-order valence-corrected chi connectivity index (χ4v) is 4.20. The van der Waals surface area contributed by atoms with Gasteiger partial charge in [-0.2, -0.15) is 0 Å². The Hall–Kier alpha value is -3.01. The highest BCUT2D eigenvalue weighted by molar-refractivity contribution is 5.89. The average Bonchev–Trinajstić information content (AvgIpc) is 2.80. The van der Waals surface area contributed by atoms with Gasteiger partial charge in [-0.3, -0.25) is 4.79 Å². The summed E-state index contributed by atoms with van der Waals surface area (Å²) in [6.07, 6.45) is 1.92. The number of nitrogens with zero attached hydrogens (tertiary/aromatic N) is 1. The number of anilines is 1. The molecule has 1 saturated heterocycles. The molecule has 1 aliphatic rings. The molecule has 0 unspecified atom stereocenters. The van der Waals surface area contributed by atoms with Gasteiger partial charge in [-0.05, 0) is 61.8 Å². The maximum Gasteiger partial charge on any atom is 0.261 e. The third kappa shape index (κ3) is 5.01. The fraction of sp³-hybridized carbons (Fsp3) is 0.370. The summed E-state index contributed by atoms with van der Waals surface area (Å²) in [6.45, 7) is 8.38. The quantitative estimate of drug-likeness (QED) is 0.559. The van der Waals surface area contributed by atoms with E-state index in [2.05, 4.69) is 41.4 Å². The zero-order valence-electron chi connectivity index (χ0n) is 18.7. The molecule has 1 amide bonds. The Labute approximate surface area is 185 Å². The fourth-order valence-electron chi connectivity index (χ4n) is 4.20. The number of nitrogens with one attached hydrogen (secondary N) is 1. The minimum Gasteiger partial charge on any atom is -0.480 e. The van der Waals surface area contributed by atoms with Gasteiger partial charge in [-0.1, -0.05) is 55.5 Å². The normalized spacial score (nSPS) is 16.7. The van der Waals surface area contributed by atoms with E-state index in [1.165, 1.54) is 18.5 Å². The molecule has 0 aromatic heterocycles. The van der Waals surface area contributed by atoms with Crippen molar-refractivity contribution in [2.75, 3.05) is 18.0 Å². The first-order chi connectivity index (χ1) is 15.0. The lowest BCUT2D eigenvalue weighted by Crippen LogP contribution is -2.37. The second kappa shape index (κ2) is 9.42. The van der Waals surface area contributed by atoms with Crippen LogP contribution >= 0.6 is 0 Å². The second-order valence-corrected chi connectivity index (χ2v) is 8.73. The summed E-state index contributed by atoms with van der Waals surface area (Å²) < 4.78 is 6.01. The molecular weight excluding hydrogens is 384 g/mol. The van der Waals surface area contributed by atoms with Crippen molar-refractivity contribution in [3.8, 4) is 5.75 Å². The third-order valence-corrected chi connectivity index (χ3v) is 6.32. The van der Waals surface area contributed by atoms with E-state index in [-0.39, 0.29) is 11.9 Å². The highest BCUT2D eigenvalue weighted by Crippen LogP contribution is 2.27. The van der Waals surface area contributed by atoms with Gasteiger partial charge in [0, 0.05) is 24.2 Å². The number of rotatable bonds is 6. The standard InChI is InChI=1S/C27H32N2O2/c1-19-15-17-29(18-16-19)24-13-11-22(12-14-24)20(2)28-27(30)21(3)31-26-10-6-8-23-7-4-5-9-25(23)26/h4-14,19-21H,15-18H2,1-3H3,(H,28,30)/t20-,21+/m0/s1. The Morgan fingerprint density at radius 2 is 1.65 bits per heavy atom. The summed E-state index contributed by atoms with van der Waals surface area (Å²) in [4.78, 5) is 15.2. The number of carbonyl (C=O) groups excluding carboxylic acids is 1. The van der Waals surface area contributed by atoms with Gasteiger partial charge in [0.2, 0.25) is 0 Å². The molecule has 0 aliphatic carbocycles. The van der Waals surface area contributed by atoms with E-state index in [0.717, 1.165) is 41.1 Å². The monoisotopic (exact) mass is 416 g/mol. The largest absolute Gasteiger partial charge is 0.480 e. The van der Waals surface area contributed by atoms with Gasteiger partial charge in [0.15, 0.2) is 6.10 Å². The molecule has 1 aliphatic heterocycles. The lowest BCUT2D eigenvalue weighted by Gasteiger charge is -2.32. The van der Waals surface area contributed by atoms with Crippen LogP contribution in [0.3, 0.4) is 0 Å². The number of carbonyl (C=O) groups is 1. The molecule has 0 saturated carbocycles. The van der Waals surface area contributed by atoms with Crippen LogP contribution in [0.15, 0.2) is 66.7 Å². The molecule has 0 bridgehead atoms. The van der Waals surface area contributed by atoms with E-state index in [4.69, 9.17) is 4.74 Å². The molecule has 3 aromatic carbocycles. The van der Waals surface area contributed by atoms with Crippen molar-refractivity contribution in [1.82, 2.24) is 5.32 Å². The molecular formula is C27H32N2O2. The van der Waals surface area contributed by atoms with Gasteiger partial charge in [-0.15, -0.1) is 0 Å². The van der Waals surface area contributed by atoms with Crippen molar-refractivity contribution in [3.63, 3.8) is 0 Å². The number of hydrogen-bond acceptors (Lipinski definition) is 3. The van der Waals surface area contributed by atoms with Crippen molar-refractivity contribution >= 4 is 22.4 Å². The smallest absolute Gasteiger partial charge is 0.261 e. The van der Waals surface area contributed by atoms with Crippen LogP contribution in [0.2, 0.25) is 0 Å². The summed E-state index contributed by atoms with van der Waals surface area (Å²) in [5.74, 6) is 1.44. The molecule has 0 spiro atoms. The zero-order valence-corrected chi connectivity index (χ0v) is 18.7. The van der Waals surface area contributed by atoms with Crippen LogP contribution in [0.4, 0.5) is 5.69 Å². The van der Waals surface area contributed by atoms with E-state index >= 15 is 0 Å². The van der Waals surface area contributed by atoms with E-state index in [9.17, 15) is 4.79 Å². The molecule has 1 N–H and O–H groups in total. The summed E-state index contributed by atoms with van der Waals surface area (Å²) in [5.41, 5.74) is 2.36. The van der Waals surface area contributed by atoms with Gasteiger partial charge < -0.3 is 15.0 Å². The topological polar surface area (TPSA) is 41.6 Å². The number of benzene rings is 3. The molecule has 3 aromatic rings. The molecule has 4 rings (SSSR count). The Balaban J connectivity index is 1.36. The highest BCUT2D eigenvalue weighted by Gasteiger charge is 2.20. The van der Waals surface area contributed by atoms with Crippen molar-refractivity contribution in [2.24, 2.45) is 5.92 Å². The average molecular weight is 417 g/mol. The first kappa shape index (κ1) is 21.2. The SMILES string of the molecule is CC1CCN(c2ccc([C@H](C)NC(=O)[C@@H](C)Oc3cccc4ccccc34)cc2)CC1. The van der Waals surface area contributed by atoms with Crippen LogP contribution in [-0.4, -0.2) is 25.1 Å². The first-order valence-corrected chi connectivity index (χ1v) is 11.3. The van der Waals surface area contributed by atoms with Crippen LogP contribution in [0.1, 0.15) is 45.2 Å². The molecule has 31 heavy (non-hydrogen) atoms. The Kier molecular flexibility index (Phi) is 6.45. The summed E-state index contributed by atoms with van der Waals surface area (Å²) in [6, 6.07) is 22.5. The second-order valence-electron chi connectivity index (χ2n) is 8.73. The molecule has 1 heterocycles. The van der Waals surface area contributed by atoms with E-state index in [1.807, 2.05) is 49.4 Å². The summed E-state index contributed by atoms with van der Waals surface area (Å²) in [5, 5.41) is 5.21. The van der Waals surface area contributed by atoms with Gasteiger partial charge in [0.1, 0.15) is 5.75 Å². The third-order valence-electron chi connectivity index (χ3n) is 6.32. The van der Waals surface area contributed by atoms with Gasteiger partial charge in [0.25, 0.3) is 5.91 Å². The van der Waals surface area contributed by atoms with Gasteiger partial charge in [-0.25, -0.2) is 0 Å².